The molecule has 0 nitrogen and oxygen atoms in total. The molecule has 1 aromatic carbocycles. The third kappa shape index (κ3) is 2.23. The quantitative estimate of drug-likeness (QED) is 0.675. The first kappa shape index (κ1) is 10.5. The minimum absolute atomic E-state index is 1.04. The van der Waals surface area contributed by atoms with Gasteiger partial charge in [0.15, 0.2) is 0 Å². The Bertz CT molecular complexity index is 436. The Kier molecular flexibility index (Phi) is 3.93. The van der Waals surface area contributed by atoms with Crippen molar-refractivity contribution in [3.8, 4) is 0 Å². The van der Waals surface area contributed by atoms with Crippen LogP contribution in [0.2, 0.25) is 0 Å². The van der Waals surface area contributed by atoms with Gasteiger partial charge in [-0.15, -0.1) is 0 Å². The SMILES string of the molecule is C=C/C=c1/cccc(CC)/c1=C/C=C. The number of rotatable bonds is 3. The average Bonchev–Trinajstić information content (AvgIpc) is 2.21. The van der Waals surface area contributed by atoms with Gasteiger partial charge in [0, 0.05) is 0 Å². The van der Waals surface area contributed by atoms with E-state index in [1.165, 1.54) is 16.0 Å². The first-order chi connectivity index (χ1) is 6.83. The lowest BCUT2D eigenvalue weighted by Crippen LogP contribution is -2.27. The van der Waals surface area contributed by atoms with Gasteiger partial charge in [0.25, 0.3) is 0 Å². The second kappa shape index (κ2) is 5.23. The summed E-state index contributed by atoms with van der Waals surface area (Å²) in [6.45, 7) is 9.61. The molecule has 1 rings (SSSR count). The van der Waals surface area contributed by atoms with Gasteiger partial charge in [-0.1, -0.05) is 62.6 Å². The minimum atomic E-state index is 1.04. The van der Waals surface area contributed by atoms with Gasteiger partial charge < -0.3 is 0 Å². The van der Waals surface area contributed by atoms with Crippen molar-refractivity contribution in [3.63, 3.8) is 0 Å². The Balaban J connectivity index is 3.60. The van der Waals surface area contributed by atoms with Crippen LogP contribution in [0.4, 0.5) is 0 Å². The number of aryl methyl sites for hydroxylation is 1. The standard InChI is InChI=1S/C14H16/c1-4-8-13-11-7-10-12(6-3)14(13)9-5-2/h4-5,7-11H,1-2,6H2,3H3/b13-8-,14-9-. The van der Waals surface area contributed by atoms with E-state index >= 15 is 0 Å². The molecule has 0 heterocycles. The molecular formula is C14H16. The maximum atomic E-state index is 3.74. The number of hydrogen-bond acceptors (Lipinski definition) is 0. The molecule has 0 aliphatic rings. The molecule has 0 saturated heterocycles. The summed E-state index contributed by atoms with van der Waals surface area (Å²) in [4.78, 5) is 0. The van der Waals surface area contributed by atoms with E-state index in [1.54, 1.807) is 0 Å². The van der Waals surface area contributed by atoms with Crippen LogP contribution < -0.4 is 10.4 Å². The Morgan fingerprint density at radius 3 is 2.43 bits per heavy atom. The van der Waals surface area contributed by atoms with Crippen molar-refractivity contribution in [2.24, 2.45) is 0 Å². The molecular weight excluding hydrogens is 168 g/mol. The van der Waals surface area contributed by atoms with E-state index < -0.39 is 0 Å². The minimum Gasteiger partial charge on any atom is -0.0990 e. The molecule has 0 radical (unpaired) electrons. The van der Waals surface area contributed by atoms with Gasteiger partial charge in [-0.2, -0.15) is 0 Å². The van der Waals surface area contributed by atoms with Crippen LogP contribution >= 0.6 is 0 Å². The van der Waals surface area contributed by atoms with Crippen LogP contribution in [0.15, 0.2) is 43.5 Å². The fourth-order valence-corrected chi connectivity index (χ4v) is 1.53. The van der Waals surface area contributed by atoms with Gasteiger partial charge >= 0.3 is 0 Å². The van der Waals surface area contributed by atoms with Crippen molar-refractivity contribution in [2.75, 3.05) is 0 Å². The van der Waals surface area contributed by atoms with E-state index in [2.05, 4.69) is 38.3 Å². The predicted octanol–water partition coefficient (Wildman–Crippen LogP) is 2.18. The van der Waals surface area contributed by atoms with Crippen molar-refractivity contribution >= 4 is 12.2 Å². The van der Waals surface area contributed by atoms with Gasteiger partial charge in [0.05, 0.1) is 0 Å². The summed E-state index contributed by atoms with van der Waals surface area (Å²) in [5, 5.41) is 2.46. The van der Waals surface area contributed by atoms with Crippen molar-refractivity contribution in [2.45, 2.75) is 13.3 Å². The van der Waals surface area contributed by atoms with Gasteiger partial charge in [-0.3, -0.25) is 0 Å². The summed E-state index contributed by atoms with van der Waals surface area (Å²) in [6, 6.07) is 6.32. The smallest absolute Gasteiger partial charge is 0.0152 e. The maximum absolute atomic E-state index is 3.74. The van der Waals surface area contributed by atoms with Crippen molar-refractivity contribution < 1.29 is 0 Å². The fourth-order valence-electron chi connectivity index (χ4n) is 1.53. The molecule has 0 amide bonds. The summed E-state index contributed by atoms with van der Waals surface area (Å²) in [7, 11) is 0. The van der Waals surface area contributed by atoms with Gasteiger partial charge in [-0.25, -0.2) is 0 Å². The first-order valence-corrected chi connectivity index (χ1v) is 4.87. The molecule has 0 unspecified atom stereocenters. The zero-order valence-corrected chi connectivity index (χ0v) is 8.66. The molecule has 0 fully saturated rings. The van der Waals surface area contributed by atoms with Crippen molar-refractivity contribution in [1.82, 2.24) is 0 Å². The van der Waals surface area contributed by atoms with Gasteiger partial charge in [0.1, 0.15) is 0 Å². The second-order valence-electron chi connectivity index (χ2n) is 3.08. The van der Waals surface area contributed by atoms with Crippen LogP contribution in [0.1, 0.15) is 12.5 Å². The average molecular weight is 184 g/mol. The molecule has 0 bridgehead atoms. The second-order valence-corrected chi connectivity index (χ2v) is 3.08. The summed E-state index contributed by atoms with van der Waals surface area (Å²) in [6.07, 6.45) is 8.76. The summed E-state index contributed by atoms with van der Waals surface area (Å²) in [5.74, 6) is 0. The highest BCUT2D eigenvalue weighted by atomic mass is 14.0. The molecule has 0 aromatic heterocycles. The third-order valence-electron chi connectivity index (χ3n) is 2.19. The number of allylic oxidation sites excluding steroid dienone is 2. The summed E-state index contributed by atoms with van der Waals surface area (Å²) >= 11 is 0. The highest BCUT2D eigenvalue weighted by Crippen LogP contribution is 1.89. The largest absolute Gasteiger partial charge is 0.0990 e. The van der Waals surface area contributed by atoms with Crippen LogP contribution in [0, 0.1) is 0 Å². The first-order valence-electron chi connectivity index (χ1n) is 4.87. The van der Waals surface area contributed by atoms with Crippen LogP contribution in [-0.4, -0.2) is 0 Å². The van der Waals surface area contributed by atoms with E-state index in [4.69, 9.17) is 0 Å². The third-order valence-corrected chi connectivity index (χ3v) is 2.19. The van der Waals surface area contributed by atoms with E-state index in [1.807, 2.05) is 24.3 Å². The Labute approximate surface area is 85.6 Å². The molecule has 0 saturated carbocycles. The molecule has 0 atom stereocenters. The maximum Gasteiger partial charge on any atom is -0.0152 e. The van der Waals surface area contributed by atoms with Crippen LogP contribution in [0.5, 0.6) is 0 Å². The lowest BCUT2D eigenvalue weighted by Gasteiger charge is -1.98. The Morgan fingerprint density at radius 1 is 1.14 bits per heavy atom. The molecule has 0 aliphatic heterocycles. The van der Waals surface area contributed by atoms with Crippen LogP contribution in [-0.2, 0) is 6.42 Å². The van der Waals surface area contributed by atoms with Gasteiger partial charge in [-0.05, 0) is 22.4 Å². The predicted molar refractivity (Wildman–Crippen MR) is 64.4 cm³/mol. The number of benzene rings is 1. The molecule has 0 aliphatic carbocycles. The normalized spacial score (nSPS) is 12.9. The van der Waals surface area contributed by atoms with Crippen molar-refractivity contribution in [3.05, 3.63) is 59.5 Å². The molecule has 1 aromatic rings. The fraction of sp³-hybridized carbons (Fsp3) is 0.143. The van der Waals surface area contributed by atoms with E-state index in [0.29, 0.717) is 0 Å². The van der Waals surface area contributed by atoms with E-state index in [0.717, 1.165) is 6.42 Å². The van der Waals surface area contributed by atoms with Crippen LogP contribution in [0.3, 0.4) is 0 Å². The Morgan fingerprint density at radius 2 is 1.86 bits per heavy atom. The van der Waals surface area contributed by atoms with Crippen LogP contribution in [0.25, 0.3) is 12.2 Å². The van der Waals surface area contributed by atoms with Gasteiger partial charge in [0.2, 0.25) is 0 Å². The molecule has 14 heavy (non-hydrogen) atoms. The van der Waals surface area contributed by atoms with E-state index in [9.17, 15) is 0 Å². The van der Waals surface area contributed by atoms with Crippen molar-refractivity contribution in [1.29, 1.82) is 0 Å². The number of hydrogen-bond donors (Lipinski definition) is 0. The molecule has 0 heteroatoms. The Hall–Kier alpha value is -1.56. The zero-order valence-electron chi connectivity index (χ0n) is 8.66. The lowest BCUT2D eigenvalue weighted by molar-refractivity contribution is 1.11. The monoisotopic (exact) mass is 184 g/mol. The molecule has 72 valence electrons. The molecule has 0 N–H and O–H groups in total. The zero-order chi connectivity index (χ0) is 10.4. The topological polar surface area (TPSA) is 0 Å². The highest BCUT2D eigenvalue weighted by molar-refractivity contribution is 5.44. The van der Waals surface area contributed by atoms with E-state index in [-0.39, 0.29) is 0 Å². The summed E-state index contributed by atoms with van der Waals surface area (Å²) < 4.78 is 0. The highest BCUT2D eigenvalue weighted by Gasteiger charge is 1.91. The lowest BCUT2D eigenvalue weighted by atomic mass is 10.1. The molecule has 0 spiro atoms. The summed E-state index contributed by atoms with van der Waals surface area (Å²) in [5.41, 5.74) is 1.35.